The Morgan fingerprint density at radius 1 is 0.941 bits per heavy atom. The van der Waals surface area contributed by atoms with E-state index in [1.165, 1.54) is 10.4 Å². The summed E-state index contributed by atoms with van der Waals surface area (Å²) in [6.07, 6.45) is 0. The van der Waals surface area contributed by atoms with Crippen molar-refractivity contribution < 1.29 is 17.3 Å². The summed E-state index contributed by atoms with van der Waals surface area (Å²) < 4.78 is 40.4. The van der Waals surface area contributed by atoms with Crippen LogP contribution in [0.5, 0.6) is 0 Å². The van der Waals surface area contributed by atoms with Gasteiger partial charge in [-0.15, -0.1) is 0 Å². The molecular weight excluding hydrogens is 281 g/mol. The van der Waals surface area contributed by atoms with E-state index in [4.69, 9.17) is 11.6 Å². The predicted octanol–water partition coefficient (Wildman–Crippen LogP) is 3.59. The Bertz CT molecular complexity index is 472. The molecule has 7 heteroatoms. The van der Waals surface area contributed by atoms with Crippen LogP contribution in [0.15, 0.2) is 36.4 Å². The molecule has 0 amide bonds. The van der Waals surface area contributed by atoms with Gasteiger partial charge >= 0.3 is 120 Å². The number of benzene rings is 2. The number of rotatable bonds is 0. The molecule has 2 aromatic rings. The van der Waals surface area contributed by atoms with Gasteiger partial charge in [-0.1, -0.05) is 0 Å². The minimum absolute atomic E-state index is 0.692. The molecule has 0 bridgehead atoms. The molecule has 0 heterocycles. The van der Waals surface area contributed by atoms with Crippen LogP contribution in [0.25, 0.3) is 10.8 Å². The molecule has 86 valence electrons. The molecule has 0 saturated heterocycles. The second-order valence-electron chi connectivity index (χ2n) is 3.41. The van der Waals surface area contributed by atoms with Crippen molar-refractivity contribution in [1.82, 2.24) is 0 Å². The zero-order valence-corrected chi connectivity index (χ0v) is 12.8. The minimum atomic E-state index is -6.00. The van der Waals surface area contributed by atoms with Crippen LogP contribution in [0.1, 0.15) is 0 Å². The molecule has 2 aromatic carbocycles. The Kier molecular flexibility index (Phi) is 5.95. The van der Waals surface area contributed by atoms with Crippen LogP contribution in [0.2, 0.25) is 5.02 Å². The van der Waals surface area contributed by atoms with E-state index in [0.29, 0.717) is 49.0 Å². The zero-order valence-electron chi connectivity index (χ0n) is 8.93. The fraction of sp³-hybridized carbons (Fsp3) is 0. The van der Waals surface area contributed by atoms with E-state index in [1.807, 2.05) is 12.1 Å². The van der Waals surface area contributed by atoms with E-state index in [-0.39, 0.29) is 0 Å². The van der Waals surface area contributed by atoms with Crippen molar-refractivity contribution in [1.29, 1.82) is 0 Å². The van der Waals surface area contributed by atoms with E-state index in [0.717, 1.165) is 5.02 Å². The summed E-state index contributed by atoms with van der Waals surface area (Å²) >= 11 is 6.78. The number of halogens is 5. The molecule has 0 aliphatic heterocycles. The first-order valence-electron chi connectivity index (χ1n) is 4.80. The molecular formula is C10H6BClF4K-. The second kappa shape index (κ2) is 6.54. The average Bonchev–Trinajstić information content (AvgIpc) is 2.15. The quantitative estimate of drug-likeness (QED) is 0.513. The largest absolute Gasteiger partial charge is 0.673 e. The first-order chi connectivity index (χ1) is 7.79. The van der Waals surface area contributed by atoms with E-state index < -0.39 is 7.25 Å². The van der Waals surface area contributed by atoms with Gasteiger partial charge in [-0.25, -0.2) is 0 Å². The summed E-state index contributed by atoms with van der Waals surface area (Å²) in [5.74, 6) is 0. The molecule has 0 atom stereocenters. The molecule has 0 saturated carbocycles. The van der Waals surface area contributed by atoms with Crippen LogP contribution in [-0.4, -0.2) is 56.2 Å². The Labute approximate surface area is 135 Å². The van der Waals surface area contributed by atoms with Gasteiger partial charge in [0.2, 0.25) is 0 Å². The predicted molar refractivity (Wildman–Crippen MR) is 64.5 cm³/mol. The molecule has 0 fully saturated rings. The molecule has 0 aliphatic carbocycles. The normalized spacial score (nSPS) is 11.0. The monoisotopic (exact) mass is 287 g/mol. The summed E-state index contributed by atoms with van der Waals surface area (Å²) in [5.41, 5.74) is 0. The second-order valence-corrected chi connectivity index (χ2v) is 5.50. The van der Waals surface area contributed by atoms with Crippen molar-refractivity contribution in [3.63, 3.8) is 0 Å². The van der Waals surface area contributed by atoms with Gasteiger partial charge < -0.3 is 17.3 Å². The Morgan fingerprint density at radius 2 is 1.41 bits per heavy atom. The van der Waals surface area contributed by atoms with E-state index >= 15 is 0 Å². The van der Waals surface area contributed by atoms with Gasteiger partial charge in [-0.05, 0) is 0 Å². The summed E-state index contributed by atoms with van der Waals surface area (Å²) in [7, 11) is -6.00. The Balaban J connectivity index is 0.000000249. The van der Waals surface area contributed by atoms with Crippen LogP contribution in [-0.2, 0) is 0 Å². The molecule has 0 spiro atoms. The van der Waals surface area contributed by atoms with E-state index in [2.05, 4.69) is 24.3 Å². The average molecular weight is 288 g/mol. The molecule has 2 rings (SSSR count). The zero-order chi connectivity index (χ0) is 13.1. The van der Waals surface area contributed by atoms with Gasteiger partial charge in [-0.2, -0.15) is 0 Å². The summed E-state index contributed by atoms with van der Waals surface area (Å²) in [5, 5.41) is 3.39. The third-order valence-electron chi connectivity index (χ3n) is 2.06. The van der Waals surface area contributed by atoms with Crippen molar-refractivity contribution >= 4 is 78.2 Å². The summed E-state index contributed by atoms with van der Waals surface area (Å²) in [6.45, 7) is 0. The maximum atomic E-state index is 9.75. The molecule has 0 aromatic heterocycles. The molecule has 0 N–H and O–H groups in total. The standard InChI is InChI=1S/C10H6Cl.BF4.K/c11-10-7-3-5-8-4-1-2-6-9(8)10;2-1(3,4)5;/h1-5,7H;;/q;-1;. The number of hydrogen-bond donors (Lipinski definition) is 0. The minimum Gasteiger partial charge on any atom is -0.418 e. The fourth-order valence-corrected chi connectivity index (χ4v) is 3.23. The maximum absolute atomic E-state index is 9.75. The first kappa shape index (κ1) is 15.5. The molecule has 0 radical (unpaired) electrons. The number of hydrogen-bond acceptors (Lipinski definition) is 0. The van der Waals surface area contributed by atoms with E-state index in [9.17, 15) is 17.3 Å². The van der Waals surface area contributed by atoms with Gasteiger partial charge in [-0.3, -0.25) is 0 Å². The van der Waals surface area contributed by atoms with Crippen molar-refractivity contribution in [2.24, 2.45) is 0 Å². The first-order valence-corrected chi connectivity index (χ1v) is 6.74. The van der Waals surface area contributed by atoms with Gasteiger partial charge in [0, 0.05) is 0 Å². The third kappa shape index (κ3) is 5.72. The molecule has 0 nitrogen and oxygen atoms in total. The molecule has 17 heavy (non-hydrogen) atoms. The van der Waals surface area contributed by atoms with Gasteiger partial charge in [0.05, 0.1) is 0 Å². The Morgan fingerprint density at radius 3 is 1.88 bits per heavy atom. The van der Waals surface area contributed by atoms with Crippen molar-refractivity contribution in [2.45, 2.75) is 0 Å². The van der Waals surface area contributed by atoms with Crippen molar-refractivity contribution in [3.8, 4) is 0 Å². The Hall–Kier alpha value is 0.411. The van der Waals surface area contributed by atoms with E-state index in [1.54, 1.807) is 0 Å². The third-order valence-corrected chi connectivity index (χ3v) is 3.68. The van der Waals surface area contributed by atoms with Crippen LogP contribution in [0, 0.1) is 0 Å². The molecule has 0 aliphatic rings. The summed E-state index contributed by atoms with van der Waals surface area (Å²) in [4.78, 5) is 0. The summed E-state index contributed by atoms with van der Waals surface area (Å²) in [6, 6.07) is 12.4. The fourth-order valence-electron chi connectivity index (χ4n) is 1.48. The van der Waals surface area contributed by atoms with Crippen LogP contribution < -0.4 is -0.342 Å². The van der Waals surface area contributed by atoms with Crippen molar-refractivity contribution in [2.75, 3.05) is 0 Å². The topological polar surface area (TPSA) is 0 Å². The van der Waals surface area contributed by atoms with Crippen LogP contribution in [0.4, 0.5) is 17.3 Å². The number of fused-ring (bicyclic) bond motifs is 1. The SMILES string of the molecule is Clc1cccc2ccc[c]([K])c12.F[B-](F)(F)F. The van der Waals surface area contributed by atoms with Crippen LogP contribution in [0.3, 0.4) is 0 Å². The van der Waals surface area contributed by atoms with Gasteiger partial charge in [0.25, 0.3) is 0 Å². The van der Waals surface area contributed by atoms with Crippen LogP contribution >= 0.6 is 11.6 Å². The maximum Gasteiger partial charge on any atom is 0.673 e. The smallest absolute Gasteiger partial charge is 0.418 e. The van der Waals surface area contributed by atoms with Crippen molar-refractivity contribution in [3.05, 3.63) is 41.4 Å². The van der Waals surface area contributed by atoms with Gasteiger partial charge in [0.1, 0.15) is 0 Å². The van der Waals surface area contributed by atoms with Gasteiger partial charge in [0.15, 0.2) is 0 Å². The molecule has 0 unspecified atom stereocenters.